The average molecular weight is 1220 g/mol. The van der Waals surface area contributed by atoms with E-state index in [2.05, 4.69) is 61.1 Å². The molecule has 2 unspecified atom stereocenters. The normalized spacial score (nSPS) is 10.0. The molecule has 2 atom stereocenters. The predicted octanol–water partition coefficient (Wildman–Crippen LogP) is 1.13. The van der Waals surface area contributed by atoms with E-state index in [1.807, 2.05) is 0 Å². The maximum absolute atomic E-state index is 5.55. The number of hydrogen-bond donors (Lipinski definition) is 2. The molecule has 0 aromatic heterocycles. The van der Waals surface area contributed by atoms with Gasteiger partial charge in [0.15, 0.2) is 0 Å². The van der Waals surface area contributed by atoms with Crippen molar-refractivity contribution in [2.75, 3.05) is 22.1 Å². The van der Waals surface area contributed by atoms with Crippen molar-refractivity contribution >= 4 is 49.3 Å². The van der Waals surface area contributed by atoms with E-state index in [0.29, 0.717) is 76.9 Å². The Balaban J connectivity index is -0.0000000145. The van der Waals surface area contributed by atoms with Crippen molar-refractivity contribution in [3.8, 4) is 0 Å². The van der Waals surface area contributed by atoms with E-state index < -0.39 is 29.7 Å². The monoisotopic (exact) mass is 1220 g/mol. The van der Waals surface area contributed by atoms with E-state index in [4.69, 9.17) is 6.13 Å². The Labute approximate surface area is 283 Å². The number of alkyl halides is 6. The van der Waals surface area contributed by atoms with Crippen LogP contribution in [-0.2, 0) is 6.13 Å². The molecule has 0 heterocycles. The first kappa shape index (κ1) is 90.1. The summed E-state index contributed by atoms with van der Waals surface area (Å²) in [5, 5.41) is 0. The second-order valence-corrected chi connectivity index (χ2v) is 53.7. The fourth-order valence-electron chi connectivity index (χ4n) is 0.891. The molecule has 0 aliphatic carbocycles. The molecular weight excluding hydrogens is 1150 g/mol. The van der Waals surface area contributed by atoms with Crippen LogP contribution < -0.4 is 76.9 Å². The third-order valence-electron chi connectivity index (χ3n) is 1.50. The van der Waals surface area contributed by atoms with Crippen LogP contribution in [0.3, 0.4) is 0 Å². The maximum atomic E-state index is 5.55. The Bertz CT molecular complexity index is 198. The van der Waals surface area contributed by atoms with Crippen molar-refractivity contribution in [3.05, 3.63) is 0 Å². The second kappa shape index (κ2) is 71.4. The molecule has 0 saturated carbocycles. The molecule has 0 rings (SSSR count). The second-order valence-electron chi connectivity index (χ2n) is 3.22. The summed E-state index contributed by atoms with van der Waals surface area (Å²) >= 11 is -0.609. The molecule has 0 radical (unpaired) electrons. The summed E-state index contributed by atoms with van der Waals surface area (Å²) in [6, 6.07) is 0. The quantitative estimate of drug-likeness (QED) is 0.174. The van der Waals surface area contributed by atoms with Gasteiger partial charge in [-0.15, -0.1) is 0 Å². The Morgan fingerprint density at radius 1 is 0.529 bits per heavy atom. The molecule has 10 heteroatoms. The first-order chi connectivity index (χ1) is 10.4. The fourth-order valence-corrected chi connectivity index (χ4v) is 74.4. The standard InChI is InChI=1S/2C6H15I3OS.12CH4/c2*1-4-7-6(3)8-9(11)10-5-2;;;;;;;;;;;;/h2*6,11H,4-5H2,1-3H3;12*1H4/q2*-2;;;;;;;;;;;;. The molecule has 0 aliphatic rings. The van der Waals surface area contributed by atoms with Crippen LogP contribution >= 0.6 is 49.3 Å². The summed E-state index contributed by atoms with van der Waals surface area (Å²) in [6.45, 7) is 15.3. The van der Waals surface area contributed by atoms with Gasteiger partial charge in [-0.3, -0.25) is 0 Å². The van der Waals surface area contributed by atoms with Crippen LogP contribution in [0.4, 0.5) is 0 Å². The Morgan fingerprint density at radius 3 is 0.882 bits per heavy atom. The zero-order chi connectivity index (χ0) is 17.4. The van der Waals surface area contributed by atoms with Crippen LogP contribution in [0, 0.1) is 0 Å². The van der Waals surface area contributed by atoms with Crippen LogP contribution in [0.25, 0.3) is 0 Å². The molecule has 244 valence electrons. The number of thiol groups is 2. The minimum atomic E-state index is -1.12. The van der Waals surface area contributed by atoms with Gasteiger partial charge in [0, 0.05) is 0 Å². The third kappa shape index (κ3) is 76.7. The van der Waals surface area contributed by atoms with E-state index in [1.165, 1.54) is 8.86 Å². The molecule has 0 aromatic carbocycles. The third-order valence-corrected chi connectivity index (χ3v) is 55.8. The van der Waals surface area contributed by atoms with Gasteiger partial charge >= 0.3 is 200 Å². The molecule has 0 aliphatic heterocycles. The SMILES string of the molecule is C.C.C.C.C.C.C.C.C.C.C.C.CCOI(S)[I-]C(C)[I-]CC.CCOI(S)[I-]C(C)[I-]CC. The summed E-state index contributed by atoms with van der Waals surface area (Å²) in [6.07, 6.45) is 0. The first-order valence-corrected chi connectivity index (χ1v) is 35.7. The van der Waals surface area contributed by atoms with E-state index >= 15 is 0 Å². The summed E-state index contributed by atoms with van der Waals surface area (Å²) in [5.41, 5.74) is 0. The minimum absolute atomic E-state index is 0. The van der Waals surface area contributed by atoms with Gasteiger partial charge in [0.2, 0.25) is 0 Å². The summed E-state index contributed by atoms with van der Waals surface area (Å²) < 4.78 is 16.0. The Morgan fingerprint density at radius 2 is 0.735 bits per heavy atom. The van der Waals surface area contributed by atoms with E-state index in [-0.39, 0.29) is 89.1 Å². The average Bonchev–Trinajstić information content (AvgIpc) is 2.40. The van der Waals surface area contributed by atoms with Crippen LogP contribution in [0.5, 0.6) is 0 Å². The number of hydrogen-bond acceptors (Lipinski definition) is 4. The molecule has 0 amide bonds. The Hall–Kier alpha value is 5.00. The fraction of sp³-hybridized carbons (Fsp3) is 1.00. The van der Waals surface area contributed by atoms with E-state index in [1.54, 1.807) is 0 Å². The van der Waals surface area contributed by atoms with Crippen LogP contribution in [0.2, 0.25) is 0 Å². The van der Waals surface area contributed by atoms with Gasteiger partial charge in [-0.1, -0.05) is 89.1 Å². The van der Waals surface area contributed by atoms with Gasteiger partial charge < -0.3 is 0 Å². The number of rotatable bonds is 12. The Kier molecular flexibility index (Phi) is 189. The van der Waals surface area contributed by atoms with Gasteiger partial charge in [0.25, 0.3) is 0 Å². The molecule has 0 aromatic rings. The van der Waals surface area contributed by atoms with Crippen molar-refractivity contribution in [2.45, 2.75) is 135 Å². The van der Waals surface area contributed by atoms with Crippen molar-refractivity contribution < 1.29 is 83.0 Å². The summed E-state index contributed by atoms with van der Waals surface area (Å²) in [4.78, 5) is 0. The molecule has 0 N–H and O–H groups in total. The van der Waals surface area contributed by atoms with E-state index in [9.17, 15) is 0 Å². The van der Waals surface area contributed by atoms with Crippen LogP contribution in [0.15, 0.2) is 0 Å². The van der Waals surface area contributed by atoms with Crippen LogP contribution in [-0.4, -0.2) is 25.9 Å². The topological polar surface area (TPSA) is 18.5 Å². The van der Waals surface area contributed by atoms with Gasteiger partial charge in [-0.05, 0) is 0 Å². The van der Waals surface area contributed by atoms with Crippen molar-refractivity contribution in [2.24, 2.45) is 0 Å². The zero-order valence-electron chi connectivity index (χ0n) is 14.0. The van der Waals surface area contributed by atoms with Gasteiger partial charge in [-0.2, -0.15) is 0 Å². The van der Waals surface area contributed by atoms with Crippen molar-refractivity contribution in [1.82, 2.24) is 0 Å². The molecule has 0 saturated heterocycles. The molecule has 0 bridgehead atoms. The molecule has 0 spiro atoms. The molecule has 0 fully saturated rings. The summed E-state index contributed by atoms with van der Waals surface area (Å²) in [7, 11) is 9.09. The number of halogens is 6. The van der Waals surface area contributed by atoms with Gasteiger partial charge in [-0.25, -0.2) is 0 Å². The molecule has 34 heavy (non-hydrogen) atoms. The van der Waals surface area contributed by atoms with Crippen molar-refractivity contribution in [3.63, 3.8) is 0 Å². The molecular formula is C24H78I6O2S2-4. The van der Waals surface area contributed by atoms with Crippen LogP contribution in [0.1, 0.15) is 131 Å². The zero-order valence-corrected chi connectivity index (χ0v) is 28.7. The molecule has 2 nitrogen and oxygen atoms in total. The van der Waals surface area contributed by atoms with E-state index in [0.717, 1.165) is 17.1 Å². The summed E-state index contributed by atoms with van der Waals surface area (Å²) in [5.74, 6) is 0. The predicted molar refractivity (Wildman–Crippen MR) is 190 cm³/mol. The first-order valence-electron chi connectivity index (χ1n) is 6.90. The van der Waals surface area contributed by atoms with Gasteiger partial charge in [0.05, 0.1) is 0 Å². The van der Waals surface area contributed by atoms with Crippen molar-refractivity contribution in [1.29, 1.82) is 0 Å². The van der Waals surface area contributed by atoms with Gasteiger partial charge in [0.1, 0.15) is 0 Å².